The third-order valence-corrected chi connectivity index (χ3v) is 1.50. The third kappa shape index (κ3) is 3.42. The van der Waals surface area contributed by atoms with Crippen molar-refractivity contribution in [3.63, 3.8) is 0 Å². The van der Waals surface area contributed by atoms with Gasteiger partial charge in [-0.1, -0.05) is 5.92 Å². The number of aliphatic hydroxyl groups excluding tert-OH is 1. The van der Waals surface area contributed by atoms with Crippen molar-refractivity contribution in [2.45, 2.75) is 12.8 Å². The van der Waals surface area contributed by atoms with Crippen molar-refractivity contribution in [1.29, 1.82) is 0 Å². The van der Waals surface area contributed by atoms with E-state index in [1.807, 2.05) is 0 Å². The van der Waals surface area contributed by atoms with Crippen LogP contribution in [0.15, 0.2) is 12.3 Å². The maximum atomic E-state index is 8.53. The molecule has 0 amide bonds. The summed E-state index contributed by atoms with van der Waals surface area (Å²) in [5.74, 6) is 6.61. The number of hydrogen-bond acceptors (Lipinski definition) is 4. The molecule has 0 saturated heterocycles. The number of ether oxygens (including phenoxy) is 1. The minimum absolute atomic E-state index is 0.160. The summed E-state index contributed by atoms with van der Waals surface area (Å²) in [7, 11) is 1.55. The Morgan fingerprint density at radius 2 is 2.43 bits per heavy atom. The zero-order valence-corrected chi connectivity index (χ0v) is 8.03. The second-order valence-corrected chi connectivity index (χ2v) is 2.55. The standard InChI is InChI=1S/C10H12N2O2/c1-14-10-6-7-11-9(12-10)5-3-2-4-8-13/h6-7,13H,2,4,8H2,1H3. The Morgan fingerprint density at radius 1 is 1.57 bits per heavy atom. The molecule has 0 saturated carbocycles. The highest BCUT2D eigenvalue weighted by atomic mass is 16.5. The first-order valence-corrected chi connectivity index (χ1v) is 4.33. The summed E-state index contributed by atoms with van der Waals surface area (Å²) >= 11 is 0. The van der Waals surface area contributed by atoms with Gasteiger partial charge in [-0.2, -0.15) is 4.98 Å². The number of unbranched alkanes of at least 4 members (excludes halogenated alkanes) is 1. The number of methoxy groups -OCH3 is 1. The lowest BCUT2D eigenvalue weighted by atomic mass is 10.3. The van der Waals surface area contributed by atoms with Crippen molar-refractivity contribution < 1.29 is 9.84 Å². The van der Waals surface area contributed by atoms with E-state index < -0.39 is 0 Å². The van der Waals surface area contributed by atoms with Gasteiger partial charge in [-0.3, -0.25) is 0 Å². The van der Waals surface area contributed by atoms with Gasteiger partial charge < -0.3 is 9.84 Å². The Hall–Kier alpha value is -1.60. The summed E-state index contributed by atoms with van der Waals surface area (Å²) in [4.78, 5) is 7.98. The molecule has 1 aromatic heterocycles. The molecule has 0 bridgehead atoms. The van der Waals surface area contributed by atoms with Crippen molar-refractivity contribution >= 4 is 0 Å². The van der Waals surface area contributed by atoms with Crippen LogP contribution in [0.2, 0.25) is 0 Å². The van der Waals surface area contributed by atoms with Crippen LogP contribution in [0.3, 0.4) is 0 Å². The third-order valence-electron chi connectivity index (χ3n) is 1.50. The van der Waals surface area contributed by atoms with Crippen LogP contribution in [0.4, 0.5) is 0 Å². The van der Waals surface area contributed by atoms with Crippen molar-refractivity contribution in [2.24, 2.45) is 0 Å². The maximum absolute atomic E-state index is 8.53. The van der Waals surface area contributed by atoms with Crippen LogP contribution in [0.25, 0.3) is 0 Å². The van der Waals surface area contributed by atoms with E-state index in [1.54, 1.807) is 19.4 Å². The summed E-state index contributed by atoms with van der Waals surface area (Å²) in [5.41, 5.74) is 0. The van der Waals surface area contributed by atoms with E-state index in [-0.39, 0.29) is 6.61 Å². The van der Waals surface area contributed by atoms with Crippen LogP contribution in [0.1, 0.15) is 18.7 Å². The minimum Gasteiger partial charge on any atom is -0.481 e. The number of nitrogens with zero attached hydrogens (tertiary/aromatic N) is 2. The summed E-state index contributed by atoms with van der Waals surface area (Å²) in [6, 6.07) is 1.67. The molecule has 0 atom stereocenters. The zero-order chi connectivity index (χ0) is 10.2. The largest absolute Gasteiger partial charge is 0.481 e. The first-order chi connectivity index (χ1) is 6.86. The normalized spacial score (nSPS) is 9.00. The average Bonchev–Trinajstić information content (AvgIpc) is 2.25. The second kappa shape index (κ2) is 5.95. The molecule has 0 radical (unpaired) electrons. The van der Waals surface area contributed by atoms with Gasteiger partial charge in [0.25, 0.3) is 0 Å². The molecule has 0 aliphatic carbocycles. The molecule has 0 aliphatic rings. The van der Waals surface area contributed by atoms with E-state index >= 15 is 0 Å². The zero-order valence-electron chi connectivity index (χ0n) is 8.03. The highest BCUT2D eigenvalue weighted by Gasteiger charge is 1.93. The Morgan fingerprint density at radius 3 is 3.14 bits per heavy atom. The molecular weight excluding hydrogens is 180 g/mol. The number of aromatic nitrogens is 2. The van der Waals surface area contributed by atoms with E-state index in [2.05, 4.69) is 21.8 Å². The lowest BCUT2D eigenvalue weighted by Gasteiger charge is -1.95. The van der Waals surface area contributed by atoms with E-state index in [4.69, 9.17) is 9.84 Å². The Bertz CT molecular complexity index is 341. The molecular formula is C10H12N2O2. The van der Waals surface area contributed by atoms with Gasteiger partial charge in [0.1, 0.15) is 0 Å². The van der Waals surface area contributed by atoms with Crippen molar-refractivity contribution in [1.82, 2.24) is 9.97 Å². The molecule has 0 spiro atoms. The van der Waals surface area contributed by atoms with E-state index in [0.717, 1.165) is 0 Å². The highest BCUT2D eigenvalue weighted by Crippen LogP contribution is 2.02. The van der Waals surface area contributed by atoms with Gasteiger partial charge in [0, 0.05) is 25.3 Å². The van der Waals surface area contributed by atoms with Crippen molar-refractivity contribution in [2.75, 3.05) is 13.7 Å². The number of hydrogen-bond donors (Lipinski definition) is 1. The molecule has 4 nitrogen and oxygen atoms in total. The predicted octanol–water partition coefficient (Wildman–Crippen LogP) is 0.609. The van der Waals surface area contributed by atoms with Gasteiger partial charge in [-0.15, -0.1) is 0 Å². The number of aliphatic hydroxyl groups is 1. The molecule has 1 N–H and O–H groups in total. The van der Waals surface area contributed by atoms with Crippen molar-refractivity contribution in [3.8, 4) is 17.7 Å². The first-order valence-electron chi connectivity index (χ1n) is 4.33. The van der Waals surface area contributed by atoms with Gasteiger partial charge in [-0.05, 0) is 12.3 Å². The molecule has 0 unspecified atom stereocenters. The Balaban J connectivity index is 2.60. The lowest BCUT2D eigenvalue weighted by molar-refractivity contribution is 0.290. The summed E-state index contributed by atoms with van der Waals surface area (Å²) in [5, 5.41) is 8.53. The first kappa shape index (κ1) is 10.5. The molecule has 4 heteroatoms. The number of rotatable bonds is 3. The fourth-order valence-corrected chi connectivity index (χ4v) is 0.825. The summed E-state index contributed by atoms with van der Waals surface area (Å²) < 4.78 is 4.92. The van der Waals surface area contributed by atoms with Crippen LogP contribution < -0.4 is 4.74 Å². The fourth-order valence-electron chi connectivity index (χ4n) is 0.825. The molecule has 74 valence electrons. The summed E-state index contributed by atoms with van der Waals surface area (Å²) in [6.07, 6.45) is 2.93. The van der Waals surface area contributed by atoms with Crippen LogP contribution in [0, 0.1) is 11.8 Å². The average molecular weight is 192 g/mol. The van der Waals surface area contributed by atoms with Gasteiger partial charge >= 0.3 is 0 Å². The van der Waals surface area contributed by atoms with Gasteiger partial charge in [0.05, 0.1) is 7.11 Å². The van der Waals surface area contributed by atoms with E-state index in [1.165, 1.54) is 0 Å². The second-order valence-electron chi connectivity index (χ2n) is 2.55. The Labute approximate surface area is 83.0 Å². The fraction of sp³-hybridized carbons (Fsp3) is 0.400. The van der Waals surface area contributed by atoms with Crippen LogP contribution in [-0.2, 0) is 0 Å². The van der Waals surface area contributed by atoms with Gasteiger partial charge in [-0.25, -0.2) is 4.98 Å². The molecule has 1 heterocycles. The van der Waals surface area contributed by atoms with Gasteiger partial charge in [0.2, 0.25) is 11.7 Å². The van der Waals surface area contributed by atoms with Crippen LogP contribution >= 0.6 is 0 Å². The Kier molecular flexibility index (Phi) is 4.45. The lowest BCUT2D eigenvalue weighted by Crippen LogP contribution is -1.92. The monoisotopic (exact) mass is 192 g/mol. The molecule has 1 aromatic rings. The highest BCUT2D eigenvalue weighted by molar-refractivity contribution is 5.23. The van der Waals surface area contributed by atoms with Crippen molar-refractivity contribution in [3.05, 3.63) is 18.1 Å². The van der Waals surface area contributed by atoms with Crippen LogP contribution in [0.5, 0.6) is 5.88 Å². The van der Waals surface area contributed by atoms with Gasteiger partial charge in [0.15, 0.2) is 0 Å². The predicted molar refractivity (Wildman–Crippen MR) is 51.8 cm³/mol. The molecule has 0 aliphatic heterocycles. The molecule has 1 rings (SSSR count). The van der Waals surface area contributed by atoms with E-state index in [0.29, 0.717) is 24.5 Å². The molecule has 14 heavy (non-hydrogen) atoms. The minimum atomic E-state index is 0.160. The quantitative estimate of drug-likeness (QED) is 0.563. The topological polar surface area (TPSA) is 55.2 Å². The van der Waals surface area contributed by atoms with E-state index in [9.17, 15) is 0 Å². The molecule has 0 fully saturated rings. The van der Waals surface area contributed by atoms with Crippen LogP contribution in [-0.4, -0.2) is 28.8 Å². The molecule has 0 aromatic carbocycles. The summed E-state index contributed by atoms with van der Waals surface area (Å²) in [6.45, 7) is 0.160. The smallest absolute Gasteiger partial charge is 0.217 e. The maximum Gasteiger partial charge on any atom is 0.217 e. The SMILES string of the molecule is COc1ccnc(C#CCCCO)n1.